The quantitative estimate of drug-likeness (QED) is 0.0452. The third-order valence-corrected chi connectivity index (χ3v) is 23.0. The third kappa shape index (κ3) is 204. The first-order chi connectivity index (χ1) is 65.3. The summed E-state index contributed by atoms with van der Waals surface area (Å²) in [5.41, 5.74) is 0.490. The van der Waals surface area contributed by atoms with Gasteiger partial charge in [0.25, 0.3) is 0 Å². The van der Waals surface area contributed by atoms with Crippen molar-refractivity contribution in [1.29, 1.82) is 0 Å². The first-order valence-electron chi connectivity index (χ1n) is 60.0. The monoisotopic (exact) mass is 1950 g/mol. The van der Waals surface area contributed by atoms with E-state index >= 15 is 0 Å². The number of nitrogens with one attached hydrogen (secondary N) is 2. The molecule has 11 nitrogen and oxygen atoms in total. The highest BCUT2D eigenvalue weighted by Crippen LogP contribution is 2.18. The van der Waals surface area contributed by atoms with Gasteiger partial charge in [0.05, 0.1) is 0 Å². The molecule has 838 valence electrons. The fourth-order valence-electron chi connectivity index (χ4n) is 14.2. The van der Waals surface area contributed by atoms with E-state index in [-0.39, 0.29) is 0 Å². The molecule has 0 aliphatic carbocycles. The molecule has 0 unspecified atom stereocenters. The van der Waals surface area contributed by atoms with Crippen LogP contribution in [-0.2, 0) is 0 Å². The summed E-state index contributed by atoms with van der Waals surface area (Å²) in [6.45, 7) is 117. The molecule has 0 saturated heterocycles. The molecule has 0 aromatic heterocycles. The van der Waals surface area contributed by atoms with Gasteiger partial charge in [-0.15, -0.1) is 32.9 Å². The molecule has 0 spiro atoms. The summed E-state index contributed by atoms with van der Waals surface area (Å²) in [5.74, 6) is 4.87. The molecule has 0 saturated carbocycles. The number of nitrogens with zero attached hydrogens (tertiary/aromatic N) is 9. The molecular weight excluding hydrogens is 1670 g/mol. The molecule has 137 heavy (non-hydrogen) atoms. The van der Waals surface area contributed by atoms with Crippen LogP contribution in [0.3, 0.4) is 0 Å². The van der Waals surface area contributed by atoms with Crippen molar-refractivity contribution in [3.8, 4) is 0 Å². The summed E-state index contributed by atoms with van der Waals surface area (Å²) in [7, 11) is 15.0. The average molecular weight is 1950 g/mol. The van der Waals surface area contributed by atoms with Crippen molar-refractivity contribution in [3.63, 3.8) is 0 Å². The van der Waals surface area contributed by atoms with Crippen LogP contribution < -0.4 is 10.6 Å². The number of likely N-dealkylation sites (N-methyl/N-ethyl adjacent to an activating group) is 2. The Bertz CT molecular complexity index is 1860. The van der Waals surface area contributed by atoms with Crippen LogP contribution in [-0.4, -0.2) is 251 Å². The van der Waals surface area contributed by atoms with Crippen LogP contribution in [0, 0.1) is 40.9 Å². The van der Waals surface area contributed by atoms with Gasteiger partial charge < -0.3 is 49.8 Å². The van der Waals surface area contributed by atoms with E-state index < -0.39 is 0 Å². The molecule has 0 aromatic rings. The second-order valence-electron chi connectivity index (χ2n) is 44.0. The minimum absolute atomic E-state index is 0.490. The minimum Gasteiger partial charge on any atom is -0.317 e. The van der Waals surface area contributed by atoms with E-state index in [4.69, 9.17) is 0 Å². The first-order valence-corrected chi connectivity index (χ1v) is 60.0. The fraction of sp³-hybridized carbons (Fsp3) is 0.921. The normalized spacial score (nSPS) is 10.9. The van der Waals surface area contributed by atoms with E-state index in [1.165, 1.54) is 413 Å². The summed E-state index contributed by atoms with van der Waals surface area (Å²) in [5, 5.41) is 6.96. The van der Waals surface area contributed by atoms with Gasteiger partial charge in [-0.25, -0.2) is 0 Å². The topological polar surface area (TPSA) is 53.2 Å². The maximum atomic E-state index is 3.65. The largest absolute Gasteiger partial charge is 0.317 e. The molecule has 0 bridgehead atoms. The average Bonchev–Trinajstić information content (AvgIpc) is 1.02. The minimum atomic E-state index is 0.490. The maximum Gasteiger partial charge on any atom is 0.0167 e. The molecule has 0 radical (unpaired) electrons. The Kier molecular flexibility index (Phi) is 175. The van der Waals surface area contributed by atoms with Crippen LogP contribution in [0.25, 0.3) is 0 Å². The van der Waals surface area contributed by atoms with Crippen LogP contribution >= 0.6 is 0 Å². The summed E-state index contributed by atoms with van der Waals surface area (Å²) in [6.07, 6.45) is 74.2. The van der Waals surface area contributed by atoms with Gasteiger partial charge in [-0.05, 0) is 285 Å². The van der Waals surface area contributed by atoms with Crippen LogP contribution in [0.15, 0.2) is 63.3 Å². The Labute approximate surface area is 876 Å². The molecule has 0 rings (SSSR count). The molecule has 0 heterocycles. The van der Waals surface area contributed by atoms with Crippen molar-refractivity contribution in [2.75, 3.05) is 206 Å². The third-order valence-electron chi connectivity index (χ3n) is 23.0. The Balaban J connectivity index is -0.000000112. The van der Waals surface area contributed by atoms with Crippen molar-refractivity contribution < 1.29 is 0 Å². The zero-order valence-electron chi connectivity index (χ0n) is 104. The van der Waals surface area contributed by atoms with E-state index in [1.54, 1.807) is 0 Å². The Morgan fingerprint density at radius 1 is 0.212 bits per heavy atom. The van der Waals surface area contributed by atoms with Gasteiger partial charge in [0.1, 0.15) is 0 Å². The highest BCUT2D eigenvalue weighted by molar-refractivity contribution is 4.84. The van der Waals surface area contributed by atoms with E-state index in [2.05, 4.69) is 338 Å². The van der Waals surface area contributed by atoms with Crippen molar-refractivity contribution in [2.24, 2.45) is 40.9 Å². The number of hydrogen-bond donors (Lipinski definition) is 2. The highest BCUT2D eigenvalue weighted by atomic mass is 15.1. The van der Waals surface area contributed by atoms with Crippen molar-refractivity contribution in [3.05, 3.63) is 63.3 Å². The summed E-state index contributed by atoms with van der Waals surface area (Å²) in [4.78, 5) is 21.4. The summed E-state index contributed by atoms with van der Waals surface area (Å²) >= 11 is 0. The second-order valence-corrected chi connectivity index (χ2v) is 44.0. The predicted molar refractivity (Wildman–Crippen MR) is 648 cm³/mol. The molecule has 0 aliphatic rings. The van der Waals surface area contributed by atoms with Gasteiger partial charge in [-0.3, -0.25) is 4.90 Å². The second kappa shape index (κ2) is 147. The predicted octanol–water partition coefficient (Wildman–Crippen LogP) is 36.7. The molecule has 0 atom stereocenters. The first kappa shape index (κ1) is 163. The van der Waals surface area contributed by atoms with Crippen molar-refractivity contribution in [1.82, 2.24) is 54.7 Å². The maximum absolute atomic E-state index is 3.65. The van der Waals surface area contributed by atoms with Gasteiger partial charge >= 0.3 is 0 Å². The summed E-state index contributed by atoms with van der Waals surface area (Å²) in [6, 6.07) is 0. The Morgan fingerprint density at radius 3 is 0.620 bits per heavy atom. The van der Waals surface area contributed by atoms with E-state index in [1.807, 2.05) is 44.5 Å². The smallest absolute Gasteiger partial charge is 0.0167 e. The lowest BCUT2D eigenvalue weighted by Gasteiger charge is -2.27. The lowest BCUT2D eigenvalue weighted by Crippen LogP contribution is -2.34. The Morgan fingerprint density at radius 2 is 0.431 bits per heavy atom. The number of hydrogen-bond acceptors (Lipinski definition) is 11. The van der Waals surface area contributed by atoms with Crippen molar-refractivity contribution in [2.45, 2.75) is 516 Å². The molecule has 0 amide bonds. The zero-order valence-corrected chi connectivity index (χ0v) is 104. The molecule has 2 N–H and O–H groups in total. The highest BCUT2D eigenvalue weighted by Gasteiger charge is 2.13. The molecule has 0 aliphatic heterocycles. The van der Waals surface area contributed by atoms with Gasteiger partial charge in [0.2, 0.25) is 0 Å². The van der Waals surface area contributed by atoms with Crippen LogP contribution in [0.2, 0.25) is 0 Å². The van der Waals surface area contributed by atoms with Gasteiger partial charge in [-0.1, -0.05) is 457 Å². The van der Waals surface area contributed by atoms with E-state index in [9.17, 15) is 0 Å². The molecule has 0 aromatic carbocycles. The van der Waals surface area contributed by atoms with Crippen LogP contribution in [0.4, 0.5) is 0 Å². The standard InChI is InChI=1S/C17H37N.C15H33N.C13H29N.2C12H27N.C10H23N.C9H15N.C8H19N.C7H17N.C7H15N.C6H14.C5H11N.C5H12/c1-4-6-8-10-12-14-16-18(3)17-15-13-11-9-7-5-2;1-13(2)7-10-16(11-8-14(3)4)12-9-15(5)6;1-4-6-8-10-12-14(3)13-11-9-7-5-2;1-10(2)7-13(8-11(3)4)9-12(5)6;1-3-5-7-9-11-13-12-10-8-6-4-2;1-3-5-7-9-11-10-8-6-4-2;1-4-7-10(8-5-2)9-6-3;1-8(2,3)6-7-9(4)5;1-4-6-8(3)7-5-2;1-4-7-8(5-2)6-3;1-3-5-6-4-2;1-4-5-6(2)3;1-3-5-4-2/h4-17H2,1-3H3;13-15H,7-12H2,1-6H3;4-13H2,1-3H3;10-12H,7-9H2,1-6H3;13H,3-12H2,1-2H3;11H,3-10H2,1-2H3;4-6H,1-3,7-9H2;6-7H2,1-5H3;4-7H2,1-3H3;4H,1,5-7H2,2-3H3;3-6H2,1-2H3;4H,1,5H2,2-3H3;3-5H2,1-2H3. The SMILES string of the molecule is C=CCN(C)C.C=CCN(CC)CC.C=CCN(CC=C)CC=C.CC(C)CCN(CCC(C)C)CCC(C)C.CC(C)CN(CC(C)C)CC(C)C.CCCCC.CCCCCC.CCCCCCCCN(C)CCCCCCCC.CCCCCCN(C)CCCCCC.CCCCCCNCCCCCC.CCCCCNCCCCC.CCCN(C)CCC.CN(C)CCC(C)(C)C. The van der Waals surface area contributed by atoms with E-state index in [0.717, 1.165) is 81.3 Å². The van der Waals surface area contributed by atoms with Crippen LogP contribution in [0.1, 0.15) is 516 Å². The lowest BCUT2D eigenvalue weighted by atomic mass is 9.92. The van der Waals surface area contributed by atoms with Gasteiger partial charge in [0.15, 0.2) is 0 Å². The van der Waals surface area contributed by atoms with Crippen LogP contribution in [0.5, 0.6) is 0 Å². The fourth-order valence-corrected chi connectivity index (χ4v) is 14.2. The lowest BCUT2D eigenvalue weighted by molar-refractivity contribution is 0.198. The van der Waals surface area contributed by atoms with Gasteiger partial charge in [0, 0.05) is 52.4 Å². The summed E-state index contributed by atoms with van der Waals surface area (Å²) < 4.78 is 0. The van der Waals surface area contributed by atoms with E-state index in [0.29, 0.717) is 5.41 Å². The molecule has 0 fully saturated rings. The number of unbranched alkanes of at least 4 members (excludes halogenated alkanes) is 31. The molecular formula is C126H279N11. The van der Waals surface area contributed by atoms with Crippen molar-refractivity contribution >= 4 is 0 Å². The zero-order chi connectivity index (χ0) is 107. The van der Waals surface area contributed by atoms with Gasteiger partial charge in [-0.2, -0.15) is 0 Å². The number of rotatable bonds is 80. The molecule has 11 heteroatoms. The Hall–Kier alpha value is -1.74.